The zero-order valence-corrected chi connectivity index (χ0v) is 10.7. The first-order chi connectivity index (χ1) is 9.08. The second-order valence-corrected chi connectivity index (χ2v) is 4.89. The average Bonchev–Trinajstić information content (AvgIpc) is 2.39. The van der Waals surface area contributed by atoms with Gasteiger partial charge in [-0.25, -0.2) is 4.79 Å². The topological polar surface area (TPSA) is 83.6 Å². The summed E-state index contributed by atoms with van der Waals surface area (Å²) in [6.07, 6.45) is 2.73. The third-order valence-electron chi connectivity index (χ3n) is 3.58. The Labute approximate surface area is 112 Å². The summed E-state index contributed by atoms with van der Waals surface area (Å²) in [5.41, 5.74) is 6.69. The van der Waals surface area contributed by atoms with Gasteiger partial charge in [0.05, 0.1) is 0 Å². The standard InChI is InChI=1S/C14H18N2O3/c15-13(17)11-6-4-10(5-7-11)9-12-3-1-2-8-16(12)14(18)19/h4-7,12H,1-3,8-9H2,(H2,15,17)(H,18,19). The summed E-state index contributed by atoms with van der Waals surface area (Å²) < 4.78 is 0. The molecule has 102 valence electrons. The number of nitrogens with two attached hydrogens (primary N) is 1. The number of piperidine rings is 1. The Morgan fingerprint density at radius 2 is 1.95 bits per heavy atom. The van der Waals surface area contributed by atoms with Crippen molar-refractivity contribution in [3.63, 3.8) is 0 Å². The van der Waals surface area contributed by atoms with Gasteiger partial charge in [0.1, 0.15) is 0 Å². The molecule has 1 heterocycles. The summed E-state index contributed by atoms with van der Waals surface area (Å²) in [5.74, 6) is -0.448. The van der Waals surface area contributed by atoms with Gasteiger partial charge in [-0.15, -0.1) is 0 Å². The summed E-state index contributed by atoms with van der Waals surface area (Å²) in [7, 11) is 0. The van der Waals surface area contributed by atoms with Crippen molar-refractivity contribution in [2.75, 3.05) is 6.54 Å². The average molecular weight is 262 g/mol. The van der Waals surface area contributed by atoms with Crippen LogP contribution >= 0.6 is 0 Å². The zero-order chi connectivity index (χ0) is 13.8. The van der Waals surface area contributed by atoms with Crippen LogP contribution in [-0.4, -0.2) is 34.6 Å². The minimum atomic E-state index is -0.849. The Balaban J connectivity index is 2.06. The number of nitrogens with zero attached hydrogens (tertiary/aromatic N) is 1. The van der Waals surface area contributed by atoms with Crippen molar-refractivity contribution in [1.29, 1.82) is 0 Å². The Kier molecular flexibility index (Phi) is 4.04. The molecule has 2 rings (SSSR count). The Morgan fingerprint density at radius 3 is 2.53 bits per heavy atom. The molecule has 0 saturated carbocycles. The van der Waals surface area contributed by atoms with E-state index in [1.54, 1.807) is 12.1 Å². The van der Waals surface area contributed by atoms with Crippen LogP contribution in [-0.2, 0) is 6.42 Å². The highest BCUT2D eigenvalue weighted by Crippen LogP contribution is 2.21. The van der Waals surface area contributed by atoms with E-state index >= 15 is 0 Å². The third-order valence-corrected chi connectivity index (χ3v) is 3.58. The Bertz CT molecular complexity index is 470. The molecule has 1 unspecified atom stereocenters. The maximum Gasteiger partial charge on any atom is 0.407 e. The number of hydrogen-bond acceptors (Lipinski definition) is 2. The monoisotopic (exact) mass is 262 g/mol. The van der Waals surface area contributed by atoms with Gasteiger partial charge >= 0.3 is 6.09 Å². The molecule has 1 fully saturated rings. The van der Waals surface area contributed by atoms with Gasteiger partial charge < -0.3 is 15.7 Å². The molecular weight excluding hydrogens is 244 g/mol. The van der Waals surface area contributed by atoms with E-state index in [1.165, 1.54) is 4.90 Å². The Morgan fingerprint density at radius 1 is 1.26 bits per heavy atom. The summed E-state index contributed by atoms with van der Waals surface area (Å²) in [5, 5.41) is 9.17. The molecule has 2 amide bonds. The molecule has 1 aromatic rings. The van der Waals surface area contributed by atoms with Crippen molar-refractivity contribution in [2.24, 2.45) is 5.73 Å². The minimum absolute atomic E-state index is 0.0330. The summed E-state index contributed by atoms with van der Waals surface area (Å²) in [4.78, 5) is 23.7. The molecule has 5 heteroatoms. The maximum atomic E-state index is 11.2. The summed E-state index contributed by atoms with van der Waals surface area (Å²) in [6.45, 7) is 0.610. The fourth-order valence-electron chi connectivity index (χ4n) is 2.54. The third kappa shape index (κ3) is 3.24. The summed E-state index contributed by atoms with van der Waals surface area (Å²) >= 11 is 0. The van der Waals surface area contributed by atoms with Crippen LogP contribution in [0.5, 0.6) is 0 Å². The van der Waals surface area contributed by atoms with E-state index in [9.17, 15) is 9.59 Å². The van der Waals surface area contributed by atoms with E-state index in [0.717, 1.165) is 24.8 Å². The highest BCUT2D eigenvalue weighted by atomic mass is 16.4. The first-order valence-corrected chi connectivity index (χ1v) is 6.46. The van der Waals surface area contributed by atoms with Crippen LogP contribution in [0.3, 0.4) is 0 Å². The summed E-state index contributed by atoms with van der Waals surface area (Å²) in [6, 6.07) is 7.09. The molecule has 0 spiro atoms. The van der Waals surface area contributed by atoms with Crippen LogP contribution in [0, 0.1) is 0 Å². The van der Waals surface area contributed by atoms with Crippen molar-refractivity contribution in [3.8, 4) is 0 Å². The van der Waals surface area contributed by atoms with E-state index in [0.29, 0.717) is 18.5 Å². The van der Waals surface area contributed by atoms with Gasteiger partial charge in [-0.2, -0.15) is 0 Å². The zero-order valence-electron chi connectivity index (χ0n) is 10.7. The highest BCUT2D eigenvalue weighted by molar-refractivity contribution is 5.92. The molecule has 0 bridgehead atoms. The first kappa shape index (κ1) is 13.4. The quantitative estimate of drug-likeness (QED) is 0.872. The molecule has 19 heavy (non-hydrogen) atoms. The van der Waals surface area contributed by atoms with Gasteiger partial charge in [0.2, 0.25) is 5.91 Å². The number of amides is 2. The van der Waals surface area contributed by atoms with Gasteiger partial charge in [-0.1, -0.05) is 12.1 Å². The van der Waals surface area contributed by atoms with E-state index < -0.39 is 12.0 Å². The maximum absolute atomic E-state index is 11.2. The number of likely N-dealkylation sites (tertiary alicyclic amines) is 1. The lowest BCUT2D eigenvalue weighted by Gasteiger charge is -2.33. The normalized spacial score (nSPS) is 19.2. The molecule has 1 aromatic carbocycles. The number of carboxylic acid groups (broad SMARTS) is 1. The molecule has 1 aliphatic rings. The van der Waals surface area contributed by atoms with Crippen molar-refractivity contribution in [3.05, 3.63) is 35.4 Å². The van der Waals surface area contributed by atoms with Crippen LogP contribution in [0.25, 0.3) is 0 Å². The predicted octanol–water partition coefficient (Wildman–Crippen LogP) is 1.86. The molecule has 0 radical (unpaired) electrons. The van der Waals surface area contributed by atoms with Crippen molar-refractivity contribution < 1.29 is 14.7 Å². The largest absolute Gasteiger partial charge is 0.465 e. The van der Waals surface area contributed by atoms with Gasteiger partial charge in [0, 0.05) is 18.2 Å². The van der Waals surface area contributed by atoms with Gasteiger partial charge in [0.15, 0.2) is 0 Å². The molecule has 0 aromatic heterocycles. The van der Waals surface area contributed by atoms with E-state index in [4.69, 9.17) is 10.8 Å². The molecular formula is C14H18N2O3. The second-order valence-electron chi connectivity index (χ2n) is 4.89. The van der Waals surface area contributed by atoms with Crippen LogP contribution < -0.4 is 5.73 Å². The van der Waals surface area contributed by atoms with E-state index in [-0.39, 0.29) is 6.04 Å². The number of benzene rings is 1. The molecule has 1 atom stereocenters. The number of carbonyl (C=O) groups excluding carboxylic acids is 1. The van der Waals surface area contributed by atoms with Crippen molar-refractivity contribution >= 4 is 12.0 Å². The molecule has 5 nitrogen and oxygen atoms in total. The van der Waals surface area contributed by atoms with Crippen LogP contribution in [0.15, 0.2) is 24.3 Å². The lowest BCUT2D eigenvalue weighted by Crippen LogP contribution is -2.44. The molecule has 3 N–H and O–H groups in total. The van der Waals surface area contributed by atoms with Gasteiger partial charge in [-0.3, -0.25) is 4.79 Å². The molecule has 1 saturated heterocycles. The van der Waals surface area contributed by atoms with E-state index in [1.807, 2.05) is 12.1 Å². The second kappa shape index (κ2) is 5.73. The van der Waals surface area contributed by atoms with Crippen molar-refractivity contribution in [1.82, 2.24) is 4.90 Å². The van der Waals surface area contributed by atoms with Crippen LogP contribution in [0.1, 0.15) is 35.2 Å². The van der Waals surface area contributed by atoms with E-state index in [2.05, 4.69) is 0 Å². The fourth-order valence-corrected chi connectivity index (χ4v) is 2.54. The van der Waals surface area contributed by atoms with Crippen LogP contribution in [0.4, 0.5) is 4.79 Å². The molecule has 1 aliphatic heterocycles. The number of rotatable bonds is 3. The minimum Gasteiger partial charge on any atom is -0.465 e. The predicted molar refractivity (Wildman–Crippen MR) is 71.0 cm³/mol. The van der Waals surface area contributed by atoms with Crippen LogP contribution in [0.2, 0.25) is 0 Å². The number of hydrogen-bond donors (Lipinski definition) is 2. The Hall–Kier alpha value is -2.04. The lowest BCUT2D eigenvalue weighted by molar-refractivity contribution is 0.0999. The smallest absolute Gasteiger partial charge is 0.407 e. The number of primary amides is 1. The first-order valence-electron chi connectivity index (χ1n) is 6.46. The SMILES string of the molecule is NC(=O)c1ccc(CC2CCCCN2C(=O)O)cc1. The lowest BCUT2D eigenvalue weighted by atomic mass is 9.95. The number of carbonyl (C=O) groups is 2. The van der Waals surface area contributed by atoms with Crippen molar-refractivity contribution in [2.45, 2.75) is 31.7 Å². The van der Waals surface area contributed by atoms with Gasteiger partial charge in [0.25, 0.3) is 0 Å². The van der Waals surface area contributed by atoms with Gasteiger partial charge in [-0.05, 0) is 43.4 Å². The highest BCUT2D eigenvalue weighted by Gasteiger charge is 2.26. The fraction of sp³-hybridized carbons (Fsp3) is 0.429. The molecule has 0 aliphatic carbocycles.